The van der Waals surface area contributed by atoms with Crippen molar-refractivity contribution >= 4 is 31.6 Å². The number of anilines is 1. The van der Waals surface area contributed by atoms with Gasteiger partial charge in [0.25, 0.3) is 0 Å². The van der Waals surface area contributed by atoms with Gasteiger partial charge in [-0.2, -0.15) is 0 Å². The Morgan fingerprint density at radius 3 is 2.69 bits per heavy atom. The van der Waals surface area contributed by atoms with Gasteiger partial charge in [-0.1, -0.05) is 22.0 Å². The van der Waals surface area contributed by atoms with Gasteiger partial charge in [-0.15, -0.1) is 0 Å². The fourth-order valence-corrected chi connectivity index (χ4v) is 1.83. The van der Waals surface area contributed by atoms with Crippen LogP contribution >= 0.6 is 15.9 Å². The average Bonchev–Trinajstić information content (AvgIpc) is 2.03. The van der Waals surface area contributed by atoms with E-state index in [1.54, 1.807) is 25.1 Å². The molecule has 3 nitrogen and oxygen atoms in total. The molecule has 0 aromatic heterocycles. The summed E-state index contributed by atoms with van der Waals surface area (Å²) in [5, 5.41) is 0. The Balaban J connectivity index is 2.87. The second-order valence-electron chi connectivity index (χ2n) is 2.52. The second kappa shape index (κ2) is 4.11. The minimum absolute atomic E-state index is 0.0829. The summed E-state index contributed by atoms with van der Waals surface area (Å²) in [6.45, 7) is 1.60. The zero-order valence-corrected chi connectivity index (χ0v) is 9.52. The summed E-state index contributed by atoms with van der Waals surface area (Å²) in [5.41, 5.74) is 0.580. The summed E-state index contributed by atoms with van der Waals surface area (Å²) in [4.78, 5) is 0. The molecule has 0 aliphatic rings. The molecule has 72 valence electrons. The third-order valence-electron chi connectivity index (χ3n) is 1.48. The monoisotopic (exact) mass is 263 g/mol. The normalized spacial score (nSPS) is 11.2. The molecule has 0 saturated carbocycles. The second-order valence-corrected chi connectivity index (χ2v) is 5.44. The van der Waals surface area contributed by atoms with E-state index in [9.17, 15) is 8.42 Å². The van der Waals surface area contributed by atoms with E-state index in [0.717, 1.165) is 4.47 Å². The average molecular weight is 264 g/mol. The van der Waals surface area contributed by atoms with Crippen LogP contribution in [0.2, 0.25) is 0 Å². The first kappa shape index (κ1) is 10.5. The van der Waals surface area contributed by atoms with Crippen molar-refractivity contribution in [3.05, 3.63) is 28.7 Å². The lowest BCUT2D eigenvalue weighted by Crippen LogP contribution is -2.14. The van der Waals surface area contributed by atoms with Gasteiger partial charge in [0.05, 0.1) is 5.75 Å². The van der Waals surface area contributed by atoms with Crippen molar-refractivity contribution in [3.63, 3.8) is 0 Å². The Kier molecular flexibility index (Phi) is 3.33. The molecule has 0 aliphatic carbocycles. The van der Waals surface area contributed by atoms with Crippen LogP contribution in [0.3, 0.4) is 0 Å². The van der Waals surface area contributed by atoms with Crippen LogP contribution in [-0.2, 0) is 10.0 Å². The Bertz CT molecular complexity index is 389. The molecule has 0 amide bonds. The lowest BCUT2D eigenvalue weighted by molar-refractivity contribution is 0.602. The molecular formula is C8H10BrNO2S. The highest BCUT2D eigenvalue weighted by Crippen LogP contribution is 2.16. The smallest absolute Gasteiger partial charge is 0.232 e. The van der Waals surface area contributed by atoms with Gasteiger partial charge in [-0.05, 0) is 25.1 Å². The quantitative estimate of drug-likeness (QED) is 0.909. The van der Waals surface area contributed by atoms with Crippen LogP contribution in [0, 0.1) is 0 Å². The Morgan fingerprint density at radius 2 is 2.15 bits per heavy atom. The highest BCUT2D eigenvalue weighted by Gasteiger charge is 2.05. The van der Waals surface area contributed by atoms with Gasteiger partial charge in [-0.25, -0.2) is 8.42 Å². The molecule has 0 aliphatic heterocycles. The predicted molar refractivity (Wildman–Crippen MR) is 57.2 cm³/mol. The molecule has 13 heavy (non-hydrogen) atoms. The molecule has 1 aromatic carbocycles. The van der Waals surface area contributed by atoms with Crippen molar-refractivity contribution in [2.24, 2.45) is 0 Å². The van der Waals surface area contributed by atoms with Crippen LogP contribution in [0.25, 0.3) is 0 Å². The highest BCUT2D eigenvalue weighted by atomic mass is 79.9. The van der Waals surface area contributed by atoms with Crippen LogP contribution in [0.5, 0.6) is 0 Å². The number of benzene rings is 1. The van der Waals surface area contributed by atoms with E-state index < -0.39 is 10.0 Å². The molecule has 1 rings (SSSR count). The minimum Gasteiger partial charge on any atom is -0.284 e. The van der Waals surface area contributed by atoms with E-state index in [0.29, 0.717) is 5.69 Å². The Labute approximate surface area is 86.3 Å². The fraction of sp³-hybridized carbons (Fsp3) is 0.250. The van der Waals surface area contributed by atoms with Crippen molar-refractivity contribution in [2.75, 3.05) is 10.5 Å². The maximum Gasteiger partial charge on any atom is 0.232 e. The van der Waals surface area contributed by atoms with Crippen LogP contribution < -0.4 is 4.72 Å². The molecule has 5 heteroatoms. The van der Waals surface area contributed by atoms with Gasteiger partial charge < -0.3 is 0 Å². The summed E-state index contributed by atoms with van der Waals surface area (Å²) in [5.74, 6) is 0.0829. The van der Waals surface area contributed by atoms with E-state index in [2.05, 4.69) is 20.7 Å². The maximum atomic E-state index is 11.2. The van der Waals surface area contributed by atoms with Crippen molar-refractivity contribution in [1.29, 1.82) is 0 Å². The van der Waals surface area contributed by atoms with Gasteiger partial charge in [0.15, 0.2) is 0 Å². The largest absolute Gasteiger partial charge is 0.284 e. The molecule has 0 unspecified atom stereocenters. The lowest BCUT2D eigenvalue weighted by atomic mass is 10.3. The summed E-state index contributed by atoms with van der Waals surface area (Å²) < 4.78 is 25.6. The summed E-state index contributed by atoms with van der Waals surface area (Å²) in [7, 11) is -3.16. The van der Waals surface area contributed by atoms with Crippen molar-refractivity contribution in [1.82, 2.24) is 0 Å². The molecular weight excluding hydrogens is 254 g/mol. The summed E-state index contributed by atoms with van der Waals surface area (Å²) in [6.07, 6.45) is 0. The van der Waals surface area contributed by atoms with Gasteiger partial charge in [0.2, 0.25) is 10.0 Å². The number of hydrogen-bond acceptors (Lipinski definition) is 2. The molecule has 0 atom stereocenters. The zero-order chi connectivity index (χ0) is 9.90. The fourth-order valence-electron chi connectivity index (χ4n) is 0.804. The molecule has 0 heterocycles. The Hall–Kier alpha value is -0.550. The third-order valence-corrected chi connectivity index (χ3v) is 3.28. The molecule has 1 aromatic rings. The molecule has 0 bridgehead atoms. The van der Waals surface area contributed by atoms with E-state index in [1.807, 2.05) is 6.07 Å². The number of hydrogen-bond donors (Lipinski definition) is 1. The van der Waals surface area contributed by atoms with Gasteiger partial charge in [0, 0.05) is 10.2 Å². The van der Waals surface area contributed by atoms with E-state index in [4.69, 9.17) is 0 Å². The summed E-state index contributed by atoms with van der Waals surface area (Å²) in [6, 6.07) is 7.03. The van der Waals surface area contributed by atoms with Gasteiger partial charge >= 0.3 is 0 Å². The molecule has 1 N–H and O–H groups in total. The van der Waals surface area contributed by atoms with Gasteiger partial charge in [-0.3, -0.25) is 4.72 Å². The van der Waals surface area contributed by atoms with Crippen molar-refractivity contribution in [2.45, 2.75) is 6.92 Å². The molecule has 0 radical (unpaired) electrons. The van der Waals surface area contributed by atoms with Crippen molar-refractivity contribution in [3.8, 4) is 0 Å². The number of rotatable bonds is 3. The standard InChI is InChI=1S/C8H10BrNO2S/c1-2-13(11,12)10-8-5-3-4-7(9)6-8/h3-6,10H,2H2,1H3. The van der Waals surface area contributed by atoms with Crippen molar-refractivity contribution < 1.29 is 8.42 Å². The van der Waals surface area contributed by atoms with Crippen LogP contribution in [-0.4, -0.2) is 14.2 Å². The summed E-state index contributed by atoms with van der Waals surface area (Å²) >= 11 is 3.26. The first-order valence-corrected chi connectivity index (χ1v) is 6.24. The topological polar surface area (TPSA) is 46.2 Å². The zero-order valence-electron chi connectivity index (χ0n) is 7.12. The highest BCUT2D eigenvalue weighted by molar-refractivity contribution is 9.10. The number of halogens is 1. The lowest BCUT2D eigenvalue weighted by Gasteiger charge is -2.05. The molecule has 0 fully saturated rings. The maximum absolute atomic E-state index is 11.2. The number of nitrogens with one attached hydrogen (secondary N) is 1. The van der Waals surface area contributed by atoms with Crippen LogP contribution in [0.4, 0.5) is 5.69 Å². The van der Waals surface area contributed by atoms with Crippen LogP contribution in [0.15, 0.2) is 28.7 Å². The SMILES string of the molecule is CCS(=O)(=O)Nc1cccc(Br)c1. The van der Waals surface area contributed by atoms with E-state index >= 15 is 0 Å². The van der Waals surface area contributed by atoms with Crippen LogP contribution in [0.1, 0.15) is 6.92 Å². The Morgan fingerprint density at radius 1 is 1.46 bits per heavy atom. The number of sulfonamides is 1. The first-order chi connectivity index (χ1) is 6.03. The van der Waals surface area contributed by atoms with E-state index in [1.165, 1.54) is 0 Å². The minimum atomic E-state index is -3.16. The predicted octanol–water partition coefficient (Wildman–Crippen LogP) is 2.21. The third kappa shape index (κ3) is 3.36. The first-order valence-electron chi connectivity index (χ1n) is 3.79. The molecule has 0 spiro atoms. The van der Waals surface area contributed by atoms with Gasteiger partial charge in [0.1, 0.15) is 0 Å². The van der Waals surface area contributed by atoms with E-state index in [-0.39, 0.29) is 5.75 Å². The molecule has 0 saturated heterocycles.